The second-order valence-corrected chi connectivity index (χ2v) is 8.77. The van der Waals surface area contributed by atoms with Crippen LogP contribution in [0.4, 0.5) is 5.69 Å². The first-order chi connectivity index (χ1) is 15.9. The molecule has 4 rings (SSSR count). The highest BCUT2D eigenvalue weighted by atomic mass is 16.2. The summed E-state index contributed by atoms with van der Waals surface area (Å²) in [4.78, 5) is 30.8. The molecule has 1 saturated carbocycles. The van der Waals surface area contributed by atoms with Crippen LogP contribution in [0.2, 0.25) is 0 Å². The van der Waals surface area contributed by atoms with Crippen LogP contribution in [0.1, 0.15) is 60.4 Å². The first kappa shape index (κ1) is 22.7. The van der Waals surface area contributed by atoms with Gasteiger partial charge in [-0.2, -0.15) is 10.2 Å². The van der Waals surface area contributed by atoms with E-state index in [2.05, 4.69) is 30.9 Å². The number of aromatic amines is 1. The van der Waals surface area contributed by atoms with Crippen LogP contribution in [-0.2, 0) is 11.8 Å². The highest BCUT2D eigenvalue weighted by Gasteiger charge is 2.31. The number of amides is 2. The molecule has 3 heterocycles. The van der Waals surface area contributed by atoms with Gasteiger partial charge in [-0.25, -0.2) is 0 Å². The van der Waals surface area contributed by atoms with Gasteiger partial charge >= 0.3 is 0 Å². The van der Waals surface area contributed by atoms with E-state index < -0.39 is 6.04 Å². The maximum Gasteiger partial charge on any atom is 0.270 e. The number of anilines is 1. The van der Waals surface area contributed by atoms with Gasteiger partial charge in [-0.05, 0) is 50.8 Å². The summed E-state index contributed by atoms with van der Waals surface area (Å²) >= 11 is 0. The minimum Gasteiger partial charge on any atom is -0.339 e. The van der Waals surface area contributed by atoms with Gasteiger partial charge in [-0.15, -0.1) is 0 Å². The number of hydrogen-bond donors (Lipinski definition) is 3. The van der Waals surface area contributed by atoms with E-state index in [1.807, 2.05) is 26.0 Å². The minimum absolute atomic E-state index is 0.0909. The number of hydrogen-bond acceptors (Lipinski definition) is 5. The third-order valence-corrected chi connectivity index (χ3v) is 6.41. The van der Waals surface area contributed by atoms with Gasteiger partial charge in [-0.3, -0.25) is 24.4 Å². The fourth-order valence-electron chi connectivity index (χ4n) is 4.62. The van der Waals surface area contributed by atoms with Crippen LogP contribution in [0.5, 0.6) is 0 Å². The Hall–Kier alpha value is -3.49. The zero-order chi connectivity index (χ0) is 23.4. The molecule has 9 nitrogen and oxygen atoms in total. The Labute approximate surface area is 193 Å². The van der Waals surface area contributed by atoms with Gasteiger partial charge in [0.25, 0.3) is 5.91 Å². The van der Waals surface area contributed by atoms with E-state index in [1.54, 1.807) is 25.5 Å². The molecule has 2 amide bonds. The molecule has 3 aromatic rings. The lowest BCUT2D eigenvalue weighted by Crippen LogP contribution is -2.48. The number of H-pyrrole nitrogens is 1. The first-order valence-corrected chi connectivity index (χ1v) is 11.5. The SMILES string of the molecule is Cc1n[nH]c(C)c1-c1ccc(NC(=O)[C@@H](NC(=O)c2ccnn2C)C2CCCCCC2)cn1. The molecule has 0 bridgehead atoms. The smallest absolute Gasteiger partial charge is 0.270 e. The molecular formula is C24H31N7O2. The fraction of sp³-hybridized carbons (Fsp3) is 0.458. The molecule has 9 heteroatoms. The monoisotopic (exact) mass is 449 g/mol. The number of carbonyl (C=O) groups is 2. The van der Waals surface area contributed by atoms with Gasteiger partial charge in [0.15, 0.2) is 0 Å². The summed E-state index contributed by atoms with van der Waals surface area (Å²) < 4.78 is 1.51. The number of pyridine rings is 1. The molecule has 3 N–H and O–H groups in total. The molecule has 1 fully saturated rings. The van der Waals surface area contributed by atoms with E-state index in [0.717, 1.165) is 48.3 Å². The van der Waals surface area contributed by atoms with Crippen LogP contribution in [0.3, 0.4) is 0 Å². The molecule has 0 aliphatic heterocycles. The van der Waals surface area contributed by atoms with Crippen molar-refractivity contribution in [2.24, 2.45) is 13.0 Å². The third-order valence-electron chi connectivity index (χ3n) is 6.41. The van der Waals surface area contributed by atoms with Crippen LogP contribution in [0, 0.1) is 19.8 Å². The summed E-state index contributed by atoms with van der Waals surface area (Å²) in [6, 6.07) is 4.73. The fourth-order valence-corrected chi connectivity index (χ4v) is 4.62. The molecule has 1 aliphatic rings. The second kappa shape index (κ2) is 9.97. The second-order valence-electron chi connectivity index (χ2n) is 8.77. The minimum atomic E-state index is -0.622. The number of aryl methyl sites for hydroxylation is 3. The molecule has 33 heavy (non-hydrogen) atoms. The van der Waals surface area contributed by atoms with Crippen LogP contribution in [-0.4, -0.2) is 42.8 Å². The summed E-state index contributed by atoms with van der Waals surface area (Å²) in [5.41, 5.74) is 4.61. The Morgan fingerprint density at radius 2 is 1.88 bits per heavy atom. The molecule has 0 saturated heterocycles. The van der Waals surface area contributed by atoms with Crippen molar-refractivity contribution in [1.29, 1.82) is 0 Å². The van der Waals surface area contributed by atoms with Crippen LogP contribution >= 0.6 is 0 Å². The van der Waals surface area contributed by atoms with Gasteiger partial charge in [0.05, 0.1) is 23.3 Å². The summed E-state index contributed by atoms with van der Waals surface area (Å²) in [5.74, 6) is -0.422. The van der Waals surface area contributed by atoms with Crippen molar-refractivity contribution in [2.75, 3.05) is 5.32 Å². The van der Waals surface area contributed by atoms with Gasteiger partial charge in [0, 0.05) is 24.5 Å². The van der Waals surface area contributed by atoms with Crippen molar-refractivity contribution in [3.8, 4) is 11.3 Å². The highest BCUT2D eigenvalue weighted by molar-refractivity contribution is 6.00. The van der Waals surface area contributed by atoms with E-state index in [-0.39, 0.29) is 17.7 Å². The molecular weight excluding hydrogens is 418 g/mol. The van der Waals surface area contributed by atoms with E-state index >= 15 is 0 Å². The summed E-state index contributed by atoms with van der Waals surface area (Å²) in [5, 5.41) is 17.2. The standard InChI is InChI=1S/C24H31N7O2/c1-15-21(16(2)30-29-15)19-11-10-18(14-25-19)27-24(33)22(17-8-6-4-5-7-9-17)28-23(32)20-12-13-26-31(20)3/h10-14,17,22H,4-9H2,1-3H3,(H,27,33)(H,28,32)(H,29,30)/t22-/m0/s1. The number of nitrogens with zero attached hydrogens (tertiary/aromatic N) is 4. The van der Waals surface area contributed by atoms with Gasteiger partial charge in [0.1, 0.15) is 11.7 Å². The Morgan fingerprint density at radius 1 is 1.12 bits per heavy atom. The van der Waals surface area contributed by atoms with Crippen LogP contribution < -0.4 is 10.6 Å². The normalized spacial score (nSPS) is 15.6. The summed E-state index contributed by atoms with van der Waals surface area (Å²) in [6.45, 7) is 3.88. The topological polar surface area (TPSA) is 118 Å². The van der Waals surface area contributed by atoms with Crippen molar-refractivity contribution in [2.45, 2.75) is 58.4 Å². The maximum absolute atomic E-state index is 13.3. The van der Waals surface area contributed by atoms with Gasteiger partial charge in [-0.1, -0.05) is 25.7 Å². The molecule has 174 valence electrons. The van der Waals surface area contributed by atoms with E-state index in [9.17, 15) is 9.59 Å². The molecule has 0 radical (unpaired) electrons. The largest absolute Gasteiger partial charge is 0.339 e. The quantitative estimate of drug-likeness (QED) is 0.498. The molecule has 0 aromatic carbocycles. The molecule has 3 aromatic heterocycles. The van der Waals surface area contributed by atoms with Crippen LogP contribution in [0.25, 0.3) is 11.3 Å². The zero-order valence-corrected chi connectivity index (χ0v) is 19.4. The maximum atomic E-state index is 13.3. The van der Waals surface area contributed by atoms with Crippen molar-refractivity contribution in [3.05, 3.63) is 47.7 Å². The van der Waals surface area contributed by atoms with E-state index in [1.165, 1.54) is 17.5 Å². The Balaban J connectivity index is 1.52. The summed E-state index contributed by atoms with van der Waals surface area (Å²) in [7, 11) is 1.71. The Morgan fingerprint density at radius 3 is 2.45 bits per heavy atom. The van der Waals surface area contributed by atoms with E-state index in [4.69, 9.17) is 0 Å². The van der Waals surface area contributed by atoms with Crippen molar-refractivity contribution >= 4 is 17.5 Å². The van der Waals surface area contributed by atoms with E-state index in [0.29, 0.717) is 11.4 Å². The van der Waals surface area contributed by atoms with Gasteiger partial charge in [0.2, 0.25) is 5.91 Å². The predicted molar refractivity (Wildman–Crippen MR) is 126 cm³/mol. The zero-order valence-electron chi connectivity index (χ0n) is 19.4. The number of aromatic nitrogens is 5. The number of carbonyl (C=O) groups excluding carboxylic acids is 2. The highest BCUT2D eigenvalue weighted by Crippen LogP contribution is 2.27. The van der Waals surface area contributed by atoms with Crippen LogP contribution in [0.15, 0.2) is 30.6 Å². The average molecular weight is 450 g/mol. The van der Waals surface area contributed by atoms with Crippen molar-refractivity contribution in [1.82, 2.24) is 30.3 Å². The number of rotatable bonds is 6. The van der Waals surface area contributed by atoms with Crippen molar-refractivity contribution in [3.63, 3.8) is 0 Å². The molecule has 1 aliphatic carbocycles. The third kappa shape index (κ3) is 5.13. The lowest BCUT2D eigenvalue weighted by Gasteiger charge is -2.26. The average Bonchev–Trinajstić information content (AvgIpc) is 3.26. The van der Waals surface area contributed by atoms with Crippen molar-refractivity contribution < 1.29 is 9.59 Å². The Kier molecular flexibility index (Phi) is 6.86. The lowest BCUT2D eigenvalue weighted by atomic mass is 9.91. The molecule has 0 spiro atoms. The number of nitrogens with one attached hydrogen (secondary N) is 3. The Bertz CT molecular complexity index is 1090. The lowest BCUT2D eigenvalue weighted by molar-refractivity contribution is -0.119. The predicted octanol–water partition coefficient (Wildman–Crippen LogP) is 3.53. The molecule has 0 unspecified atom stereocenters. The molecule has 1 atom stereocenters. The first-order valence-electron chi connectivity index (χ1n) is 11.5. The summed E-state index contributed by atoms with van der Waals surface area (Å²) in [6.07, 6.45) is 9.52. The van der Waals surface area contributed by atoms with Gasteiger partial charge < -0.3 is 10.6 Å².